The average Bonchev–Trinajstić information content (AvgIpc) is 3.10. The Morgan fingerprint density at radius 1 is 0.362 bits per heavy atom. The maximum Gasteiger partial charge on any atom is 0.236 e. The molecular weight excluding hydrogens is 617 g/mol. The van der Waals surface area contributed by atoms with Crippen molar-refractivity contribution < 1.29 is 23.1 Å². The predicted octanol–water partition coefficient (Wildman–Crippen LogP) is 5.92. The van der Waals surface area contributed by atoms with Crippen LogP contribution in [0, 0.1) is 0 Å². The molecule has 0 fully saturated rings. The van der Waals surface area contributed by atoms with E-state index in [1.165, 1.54) is 22.3 Å². The fraction of sp³-hybridized carbons (Fsp3) is 0.400. The topological polar surface area (TPSA) is 46.2 Å². The minimum Gasteiger partial charge on any atom is -0.494 e. The van der Waals surface area contributed by atoms with Gasteiger partial charge in [0.05, 0.1) is 26.4 Å². The van der Waals surface area contributed by atoms with Crippen LogP contribution in [0.15, 0.2) is 72.8 Å². The zero-order valence-corrected chi connectivity index (χ0v) is 32.1. The minimum absolute atomic E-state index is 0.583. The first kappa shape index (κ1) is 36.3. The highest BCUT2D eigenvalue weighted by atomic mass is 28.4. The number of benzene rings is 4. The summed E-state index contributed by atoms with van der Waals surface area (Å²) in [6, 6.07) is 26.2. The smallest absolute Gasteiger partial charge is 0.236 e. The molecule has 0 spiro atoms. The lowest BCUT2D eigenvalue weighted by Crippen LogP contribution is -2.57. The number of hydrogen-bond donors (Lipinski definition) is 0. The highest BCUT2D eigenvalue weighted by Crippen LogP contribution is 2.26. The van der Waals surface area contributed by atoms with Crippen LogP contribution in [0.25, 0.3) is 0 Å². The van der Waals surface area contributed by atoms with Gasteiger partial charge in [-0.05, 0) is 75.6 Å². The molecule has 252 valence electrons. The first-order valence-corrected chi connectivity index (χ1v) is 20.9. The van der Waals surface area contributed by atoms with Crippen molar-refractivity contribution in [2.75, 3.05) is 26.4 Å². The summed E-state index contributed by atoms with van der Waals surface area (Å²) < 4.78 is 33.9. The third kappa shape index (κ3) is 8.14. The molecule has 0 radical (unpaired) electrons. The van der Waals surface area contributed by atoms with Crippen molar-refractivity contribution in [3.8, 4) is 23.0 Å². The Balaban J connectivity index is 2.11. The largest absolute Gasteiger partial charge is 0.494 e. The molecule has 0 heterocycles. The number of ether oxygens (including phenoxy) is 4. The molecule has 0 N–H and O–H groups in total. The van der Waals surface area contributed by atoms with Gasteiger partial charge in [-0.25, -0.2) is 0 Å². The monoisotopic (exact) mass is 670 g/mol. The van der Waals surface area contributed by atoms with Gasteiger partial charge in [0.25, 0.3) is 0 Å². The van der Waals surface area contributed by atoms with Crippen LogP contribution < -0.4 is 39.7 Å². The van der Waals surface area contributed by atoms with Gasteiger partial charge in [0.2, 0.25) is 18.1 Å². The van der Waals surface area contributed by atoms with Crippen molar-refractivity contribution in [3.63, 3.8) is 0 Å². The van der Waals surface area contributed by atoms with Gasteiger partial charge >= 0.3 is 0 Å². The second-order valence-electron chi connectivity index (χ2n) is 11.4. The lowest BCUT2D eigenvalue weighted by atomic mass is 10.1. The Bertz CT molecular complexity index is 1360. The van der Waals surface area contributed by atoms with E-state index in [1.54, 1.807) is 0 Å². The third-order valence-corrected chi connectivity index (χ3v) is 14.8. The van der Waals surface area contributed by atoms with Crippen molar-refractivity contribution >= 4 is 38.8 Å². The normalized spacial score (nSPS) is 11.3. The van der Waals surface area contributed by atoms with Crippen molar-refractivity contribution in [1.82, 2.24) is 0 Å². The van der Waals surface area contributed by atoms with E-state index in [2.05, 4.69) is 128 Å². The van der Waals surface area contributed by atoms with Crippen molar-refractivity contribution in [3.05, 3.63) is 95.1 Å². The average molecular weight is 671 g/mol. The van der Waals surface area contributed by atoms with Crippen LogP contribution in [0.4, 0.5) is 0 Å². The van der Waals surface area contributed by atoms with Crippen LogP contribution in [0.1, 0.15) is 77.6 Å². The first-order chi connectivity index (χ1) is 23.0. The molecule has 0 atom stereocenters. The lowest BCUT2D eigenvalue weighted by molar-refractivity contribution is 0.337. The van der Waals surface area contributed by atoms with Gasteiger partial charge in [0, 0.05) is 20.7 Å². The molecule has 0 unspecified atom stereocenters. The molecule has 4 aromatic rings. The molecule has 0 aliphatic heterocycles. The zero-order chi connectivity index (χ0) is 33.8. The zero-order valence-electron chi connectivity index (χ0n) is 29.8. The molecular formula is C40H54O5Si2. The molecule has 0 saturated carbocycles. The maximum absolute atomic E-state index is 7.90. The fourth-order valence-corrected chi connectivity index (χ4v) is 13.7. The van der Waals surface area contributed by atoms with Crippen LogP contribution in [0.3, 0.4) is 0 Å². The summed E-state index contributed by atoms with van der Waals surface area (Å²) in [7, 11) is -5.01. The van der Waals surface area contributed by atoms with Crippen LogP contribution in [-0.2, 0) is 29.8 Å². The lowest BCUT2D eigenvalue weighted by Gasteiger charge is -2.31. The molecule has 5 nitrogen and oxygen atoms in total. The van der Waals surface area contributed by atoms with Gasteiger partial charge in [-0.2, -0.15) is 0 Å². The molecule has 0 saturated heterocycles. The summed E-state index contributed by atoms with van der Waals surface area (Å²) in [5.74, 6) is 3.80. The molecule has 0 aromatic heterocycles. The summed E-state index contributed by atoms with van der Waals surface area (Å²) in [5.41, 5.74) is 4.77. The Morgan fingerprint density at radius 2 is 0.596 bits per heavy atom. The van der Waals surface area contributed by atoms with Crippen molar-refractivity contribution in [1.29, 1.82) is 0 Å². The van der Waals surface area contributed by atoms with Gasteiger partial charge in [-0.3, -0.25) is 0 Å². The Kier molecular flexibility index (Phi) is 14.0. The van der Waals surface area contributed by atoms with Crippen molar-refractivity contribution in [2.45, 2.75) is 81.1 Å². The van der Waals surface area contributed by atoms with Crippen LogP contribution in [-0.4, -0.2) is 44.5 Å². The highest BCUT2D eigenvalue weighted by molar-refractivity contribution is 6.93. The maximum atomic E-state index is 7.90. The summed E-state index contributed by atoms with van der Waals surface area (Å²) in [4.78, 5) is 0. The van der Waals surface area contributed by atoms with E-state index in [9.17, 15) is 0 Å². The van der Waals surface area contributed by atoms with Gasteiger partial charge in [-0.15, -0.1) is 0 Å². The molecule has 4 aromatic carbocycles. The summed E-state index contributed by atoms with van der Waals surface area (Å²) in [5, 5.41) is 4.58. The van der Waals surface area contributed by atoms with Gasteiger partial charge in [0.15, 0.2) is 0 Å². The number of hydrogen-bond acceptors (Lipinski definition) is 5. The molecule has 4 rings (SSSR count). The molecule has 7 heteroatoms. The van der Waals surface area contributed by atoms with E-state index in [1.807, 2.05) is 0 Å². The number of aryl methyl sites for hydroxylation is 4. The predicted molar refractivity (Wildman–Crippen MR) is 202 cm³/mol. The Morgan fingerprint density at radius 3 is 0.787 bits per heavy atom. The fourth-order valence-electron chi connectivity index (χ4n) is 6.40. The van der Waals surface area contributed by atoms with Gasteiger partial charge in [0.1, 0.15) is 23.0 Å². The standard InChI is InChI=1S/C40H54O5Si2/c1-9-29-21-17-25-33(37(29)41-13-5)46(34-26-18-22-30(10-2)38(34)42-14-6)45-47(35-27-19-23-31(11-3)39(35)43-15-7)36-28-20-24-32(12-4)40(36)44-16-8/h17-28,46-47H,9-16H2,1-8H3. The summed E-state index contributed by atoms with van der Waals surface area (Å²) in [6.45, 7) is 19.3. The van der Waals surface area contributed by atoms with E-state index < -0.39 is 18.1 Å². The van der Waals surface area contributed by atoms with Crippen LogP contribution in [0.5, 0.6) is 23.0 Å². The minimum atomic E-state index is -2.50. The van der Waals surface area contributed by atoms with E-state index in [4.69, 9.17) is 23.1 Å². The SMILES string of the molecule is CCOc1c(CC)cccc1[SiH](O[SiH](c1cccc(CC)c1OCC)c1cccc(CC)c1OCC)c1cccc(CC)c1OCC. The van der Waals surface area contributed by atoms with Gasteiger partial charge < -0.3 is 23.1 Å². The second kappa shape index (κ2) is 18.1. The molecule has 47 heavy (non-hydrogen) atoms. The number of rotatable bonds is 18. The van der Waals surface area contributed by atoms with Gasteiger partial charge in [-0.1, -0.05) is 100 Å². The van der Waals surface area contributed by atoms with Crippen LogP contribution >= 0.6 is 0 Å². The first-order valence-electron chi connectivity index (χ1n) is 17.6. The van der Waals surface area contributed by atoms with Crippen LogP contribution in [0.2, 0.25) is 0 Å². The summed E-state index contributed by atoms with van der Waals surface area (Å²) >= 11 is 0. The quantitative estimate of drug-likeness (QED) is 0.123. The van der Waals surface area contributed by atoms with Crippen molar-refractivity contribution in [2.24, 2.45) is 0 Å². The highest BCUT2D eigenvalue weighted by Gasteiger charge is 2.35. The third-order valence-electron chi connectivity index (χ3n) is 8.59. The van der Waals surface area contributed by atoms with E-state index >= 15 is 0 Å². The molecule has 0 aliphatic rings. The molecule has 0 amide bonds. The second-order valence-corrected chi connectivity index (χ2v) is 16.5. The van der Waals surface area contributed by atoms with E-state index in [0.29, 0.717) is 26.4 Å². The molecule has 0 bridgehead atoms. The van der Waals surface area contributed by atoms with E-state index in [-0.39, 0.29) is 0 Å². The van der Waals surface area contributed by atoms with E-state index in [0.717, 1.165) is 69.4 Å². The molecule has 0 aliphatic carbocycles. The summed E-state index contributed by atoms with van der Waals surface area (Å²) in [6.07, 6.45) is 3.49. The Hall–Kier alpha value is -3.53. The Labute approximate surface area is 286 Å². The number of para-hydroxylation sites is 4.